The van der Waals surface area contributed by atoms with Gasteiger partial charge in [0.2, 0.25) is 5.91 Å². The van der Waals surface area contributed by atoms with Gasteiger partial charge in [0.1, 0.15) is 0 Å². The van der Waals surface area contributed by atoms with E-state index in [1.807, 2.05) is 20.8 Å². The van der Waals surface area contributed by atoms with Crippen LogP contribution in [0.2, 0.25) is 5.02 Å². The molecule has 3 aromatic rings. The van der Waals surface area contributed by atoms with Crippen molar-refractivity contribution in [2.45, 2.75) is 72.9 Å². The molecule has 0 saturated heterocycles. The largest absolute Gasteiger partial charge is 0.352 e. The molecule has 0 unspecified atom stereocenters. The summed E-state index contributed by atoms with van der Waals surface area (Å²) in [5, 5.41) is 11.7. The van der Waals surface area contributed by atoms with Crippen molar-refractivity contribution in [1.82, 2.24) is 15.1 Å². The summed E-state index contributed by atoms with van der Waals surface area (Å²) >= 11 is 6.33. The fraction of sp³-hybridized carbons (Fsp3) is 0.448. The number of nitrogens with one attached hydrogen (secondary N) is 2. The van der Waals surface area contributed by atoms with Crippen LogP contribution in [0.5, 0.6) is 0 Å². The Balaban J connectivity index is 1.54. The van der Waals surface area contributed by atoms with Gasteiger partial charge in [-0.15, -0.1) is 0 Å². The molecule has 2 amide bonds. The zero-order chi connectivity index (χ0) is 27.0. The third-order valence-corrected chi connectivity index (χ3v) is 7.46. The summed E-state index contributed by atoms with van der Waals surface area (Å²) in [6, 6.07) is 10.4. The van der Waals surface area contributed by atoms with E-state index in [1.165, 1.54) is 0 Å². The average molecular weight is 523 g/mol. The maximum Gasteiger partial charge on any atom is 0.274 e. The van der Waals surface area contributed by atoms with Crippen molar-refractivity contribution < 1.29 is 9.59 Å². The fourth-order valence-corrected chi connectivity index (χ4v) is 4.83. The van der Waals surface area contributed by atoms with Gasteiger partial charge in [0.25, 0.3) is 11.5 Å². The number of aromatic nitrogens is 2. The Bertz CT molecular complexity index is 1390. The number of carbonyl (C=O) groups excluding carboxylic acids is 2. The Labute approximate surface area is 222 Å². The lowest BCUT2D eigenvalue weighted by Gasteiger charge is -2.34. The molecule has 37 heavy (non-hydrogen) atoms. The number of nitrogens with zero attached hydrogens (tertiary/aromatic N) is 2. The Morgan fingerprint density at radius 3 is 2.49 bits per heavy atom. The van der Waals surface area contributed by atoms with Gasteiger partial charge >= 0.3 is 0 Å². The van der Waals surface area contributed by atoms with Crippen LogP contribution in [0.25, 0.3) is 10.8 Å². The number of hydrogen-bond donors (Lipinski definition) is 2. The highest BCUT2D eigenvalue weighted by Crippen LogP contribution is 2.39. The molecule has 0 atom stereocenters. The minimum Gasteiger partial charge on any atom is -0.352 e. The van der Waals surface area contributed by atoms with E-state index in [-0.39, 0.29) is 24.1 Å². The molecule has 2 N–H and O–H groups in total. The zero-order valence-electron chi connectivity index (χ0n) is 22.2. The van der Waals surface area contributed by atoms with Crippen LogP contribution in [-0.4, -0.2) is 21.6 Å². The number of fused-ring (bicyclic) bond motifs is 1. The second kappa shape index (κ2) is 10.3. The lowest BCUT2D eigenvalue weighted by atomic mass is 9.75. The lowest BCUT2D eigenvalue weighted by molar-refractivity contribution is -0.128. The van der Waals surface area contributed by atoms with Crippen LogP contribution in [0.4, 0.5) is 5.69 Å². The highest BCUT2D eigenvalue weighted by atomic mass is 35.5. The number of halogens is 1. The topological polar surface area (TPSA) is 93.1 Å². The van der Waals surface area contributed by atoms with Crippen molar-refractivity contribution in [2.24, 2.45) is 10.8 Å². The number of amides is 2. The highest BCUT2D eigenvalue weighted by molar-refractivity contribution is 6.34. The van der Waals surface area contributed by atoms with Gasteiger partial charge in [-0.1, -0.05) is 58.4 Å². The Hall–Kier alpha value is -3.19. The van der Waals surface area contributed by atoms with Crippen LogP contribution in [-0.2, 0) is 11.3 Å². The maximum absolute atomic E-state index is 13.3. The third kappa shape index (κ3) is 6.21. The molecule has 1 aliphatic rings. The molecule has 4 rings (SSSR count). The number of hydrogen-bond acceptors (Lipinski definition) is 4. The monoisotopic (exact) mass is 522 g/mol. The Kier molecular flexibility index (Phi) is 7.47. The van der Waals surface area contributed by atoms with E-state index < -0.39 is 11.3 Å². The van der Waals surface area contributed by atoms with Gasteiger partial charge in [0.15, 0.2) is 0 Å². The summed E-state index contributed by atoms with van der Waals surface area (Å²) in [4.78, 5) is 38.6. The minimum absolute atomic E-state index is 0.0818. The Morgan fingerprint density at radius 1 is 1.11 bits per heavy atom. The fourth-order valence-electron chi connectivity index (χ4n) is 4.62. The molecule has 1 saturated carbocycles. The molecule has 8 heteroatoms. The number of carbonyl (C=O) groups is 2. The first-order chi connectivity index (χ1) is 17.3. The molecular weight excluding hydrogens is 488 g/mol. The van der Waals surface area contributed by atoms with Gasteiger partial charge in [-0.05, 0) is 60.9 Å². The van der Waals surface area contributed by atoms with E-state index >= 15 is 0 Å². The van der Waals surface area contributed by atoms with Crippen molar-refractivity contribution in [1.29, 1.82) is 0 Å². The second-order valence-electron chi connectivity index (χ2n) is 11.8. The van der Waals surface area contributed by atoms with E-state index in [9.17, 15) is 14.4 Å². The van der Waals surface area contributed by atoms with E-state index in [1.54, 1.807) is 47.3 Å². The Morgan fingerprint density at radius 2 is 1.81 bits per heavy atom. The first kappa shape index (κ1) is 26.9. The smallest absolute Gasteiger partial charge is 0.274 e. The van der Waals surface area contributed by atoms with Gasteiger partial charge < -0.3 is 10.6 Å². The molecule has 1 heterocycles. The van der Waals surface area contributed by atoms with Gasteiger partial charge in [0, 0.05) is 23.0 Å². The molecule has 0 bridgehead atoms. The molecule has 1 fully saturated rings. The number of rotatable bonds is 5. The first-order valence-corrected chi connectivity index (χ1v) is 13.1. The van der Waals surface area contributed by atoms with Crippen LogP contribution in [0.1, 0.15) is 82.3 Å². The van der Waals surface area contributed by atoms with Gasteiger partial charge in [-0.3, -0.25) is 14.4 Å². The van der Waals surface area contributed by atoms with Gasteiger partial charge in [-0.25, -0.2) is 4.68 Å². The maximum atomic E-state index is 13.3. The summed E-state index contributed by atoms with van der Waals surface area (Å²) in [5.41, 5.74) is 1.19. The number of anilines is 1. The summed E-state index contributed by atoms with van der Waals surface area (Å²) in [7, 11) is 0. The standard InChI is InChI=1S/C29H35ClN4O3/c1-28(2,3)27(37)31-16-18-6-9-24(30)23(14-18)25(35)33-20-8-7-19-17-32-34(26(36)22(19)15-20)21-10-12-29(4,5)13-11-21/h6-9,14-15,17,21H,10-13,16H2,1-5H3,(H,31,37)(H,33,35). The average Bonchev–Trinajstić information content (AvgIpc) is 2.83. The summed E-state index contributed by atoms with van der Waals surface area (Å²) in [6.07, 6.45) is 5.67. The molecule has 2 aromatic carbocycles. The van der Waals surface area contributed by atoms with Crippen LogP contribution in [0.15, 0.2) is 47.4 Å². The minimum atomic E-state index is -0.510. The molecule has 0 spiro atoms. The van der Waals surface area contributed by atoms with Crippen LogP contribution >= 0.6 is 11.6 Å². The molecule has 0 radical (unpaired) electrons. The molecule has 1 aliphatic carbocycles. The first-order valence-electron chi connectivity index (χ1n) is 12.7. The summed E-state index contributed by atoms with van der Waals surface area (Å²) in [5.74, 6) is -0.473. The van der Waals surface area contributed by atoms with E-state index in [0.717, 1.165) is 36.6 Å². The molecular formula is C29H35ClN4O3. The SMILES string of the molecule is CC1(C)CCC(n2ncc3ccc(NC(=O)c4cc(CNC(=O)C(C)(C)C)ccc4Cl)cc3c2=O)CC1. The molecule has 7 nitrogen and oxygen atoms in total. The van der Waals surface area contributed by atoms with Crippen LogP contribution in [0.3, 0.4) is 0 Å². The van der Waals surface area contributed by atoms with Crippen molar-refractivity contribution in [3.05, 3.63) is 69.1 Å². The normalized spacial score (nSPS) is 15.9. The predicted octanol–water partition coefficient (Wildman–Crippen LogP) is 6.11. The zero-order valence-corrected chi connectivity index (χ0v) is 22.9. The summed E-state index contributed by atoms with van der Waals surface area (Å²) < 4.78 is 1.61. The van der Waals surface area contributed by atoms with Crippen molar-refractivity contribution in [2.75, 3.05) is 5.32 Å². The third-order valence-electron chi connectivity index (χ3n) is 7.14. The quantitative estimate of drug-likeness (QED) is 0.423. The van der Waals surface area contributed by atoms with E-state index in [4.69, 9.17) is 11.6 Å². The van der Waals surface area contributed by atoms with Crippen LogP contribution in [0, 0.1) is 10.8 Å². The number of benzene rings is 2. The van der Waals surface area contributed by atoms with E-state index in [0.29, 0.717) is 27.1 Å². The molecule has 196 valence electrons. The van der Waals surface area contributed by atoms with Gasteiger partial charge in [-0.2, -0.15) is 5.10 Å². The van der Waals surface area contributed by atoms with Crippen molar-refractivity contribution in [3.63, 3.8) is 0 Å². The second-order valence-corrected chi connectivity index (χ2v) is 12.2. The van der Waals surface area contributed by atoms with Crippen LogP contribution < -0.4 is 16.2 Å². The van der Waals surface area contributed by atoms with Crippen molar-refractivity contribution >= 4 is 39.9 Å². The van der Waals surface area contributed by atoms with E-state index in [2.05, 4.69) is 29.6 Å². The predicted molar refractivity (Wildman–Crippen MR) is 148 cm³/mol. The lowest BCUT2D eigenvalue weighted by Crippen LogP contribution is -2.34. The van der Waals surface area contributed by atoms with Gasteiger partial charge in [0.05, 0.1) is 28.2 Å². The highest BCUT2D eigenvalue weighted by Gasteiger charge is 2.29. The summed E-state index contributed by atoms with van der Waals surface area (Å²) in [6.45, 7) is 10.3. The van der Waals surface area contributed by atoms with Crippen molar-refractivity contribution in [3.8, 4) is 0 Å². The molecule has 1 aromatic heterocycles. The molecule has 0 aliphatic heterocycles.